The maximum absolute atomic E-state index is 12.1. The molecule has 2 aromatic rings. The van der Waals surface area contributed by atoms with Crippen LogP contribution in [-0.4, -0.2) is 21.0 Å². The summed E-state index contributed by atoms with van der Waals surface area (Å²) in [4.78, 5) is 22.5. The van der Waals surface area contributed by atoms with Gasteiger partial charge < -0.3 is 0 Å². The number of nitrogens with zero attached hydrogens (tertiary/aromatic N) is 4. The van der Waals surface area contributed by atoms with Crippen LogP contribution in [-0.2, 0) is 11.2 Å². The highest BCUT2D eigenvalue weighted by atomic mass is 32.1. The molecule has 0 aliphatic carbocycles. The van der Waals surface area contributed by atoms with Crippen molar-refractivity contribution in [2.75, 3.05) is 5.32 Å². The van der Waals surface area contributed by atoms with Crippen molar-refractivity contribution in [3.05, 3.63) is 50.5 Å². The first kappa shape index (κ1) is 16.3. The van der Waals surface area contributed by atoms with Crippen molar-refractivity contribution < 1.29 is 9.72 Å². The lowest BCUT2D eigenvalue weighted by atomic mass is 10.1. The van der Waals surface area contributed by atoms with E-state index in [2.05, 4.69) is 15.5 Å². The average Bonchev–Trinajstić information content (AvgIpc) is 3.00. The lowest BCUT2D eigenvalue weighted by Gasteiger charge is -2.00. The Bertz CT molecular complexity index is 822. The second-order valence-electron chi connectivity index (χ2n) is 4.29. The summed E-state index contributed by atoms with van der Waals surface area (Å²) in [6, 6.07) is 7.60. The molecule has 0 bridgehead atoms. The molecule has 1 amide bonds. The first-order valence-corrected chi connectivity index (χ1v) is 7.35. The van der Waals surface area contributed by atoms with Gasteiger partial charge >= 0.3 is 0 Å². The van der Waals surface area contributed by atoms with Gasteiger partial charge in [-0.05, 0) is 18.6 Å². The van der Waals surface area contributed by atoms with Crippen molar-refractivity contribution >= 4 is 34.1 Å². The Hall–Kier alpha value is -3.12. The predicted molar refractivity (Wildman–Crippen MR) is 84.6 cm³/mol. The van der Waals surface area contributed by atoms with E-state index in [0.717, 1.165) is 5.01 Å². The number of amides is 1. The third-order valence-corrected chi connectivity index (χ3v) is 3.77. The van der Waals surface area contributed by atoms with Gasteiger partial charge in [-0.15, -0.1) is 10.2 Å². The molecule has 0 aliphatic rings. The van der Waals surface area contributed by atoms with Gasteiger partial charge in [0.25, 0.3) is 11.6 Å². The molecule has 23 heavy (non-hydrogen) atoms. The molecule has 0 fully saturated rings. The molecule has 1 aromatic carbocycles. The van der Waals surface area contributed by atoms with Gasteiger partial charge in [0.1, 0.15) is 16.6 Å². The van der Waals surface area contributed by atoms with E-state index in [0.29, 0.717) is 6.42 Å². The summed E-state index contributed by atoms with van der Waals surface area (Å²) >= 11 is 1.20. The number of aromatic nitrogens is 2. The highest BCUT2D eigenvalue weighted by Gasteiger charge is 2.16. The van der Waals surface area contributed by atoms with Crippen LogP contribution < -0.4 is 5.32 Å². The van der Waals surface area contributed by atoms with Crippen LogP contribution in [0, 0.1) is 21.4 Å². The maximum Gasteiger partial charge on any atom is 0.276 e. The van der Waals surface area contributed by atoms with Gasteiger partial charge in [0.2, 0.25) is 5.13 Å². The molecular formula is C14H11N5O3S. The minimum atomic E-state index is -0.690. The Morgan fingerprint density at radius 3 is 2.83 bits per heavy atom. The Morgan fingerprint density at radius 1 is 1.48 bits per heavy atom. The Labute approximate surface area is 135 Å². The topological polar surface area (TPSA) is 122 Å². The van der Waals surface area contributed by atoms with Crippen molar-refractivity contribution in [2.24, 2.45) is 0 Å². The standard InChI is InChI=1S/C14H11N5O3S/c1-2-12-17-18-14(23-12)16-13(20)10(8-15)7-9-5-3-4-6-11(9)19(21)22/h3-7H,2H2,1H3,(H,16,18,20). The number of hydrogen-bond acceptors (Lipinski definition) is 7. The molecule has 1 aromatic heterocycles. The monoisotopic (exact) mass is 329 g/mol. The number of aryl methyl sites for hydroxylation is 1. The summed E-state index contributed by atoms with van der Waals surface area (Å²) in [5.41, 5.74) is -0.263. The van der Waals surface area contributed by atoms with Crippen molar-refractivity contribution in [1.82, 2.24) is 10.2 Å². The van der Waals surface area contributed by atoms with Crippen LogP contribution >= 0.6 is 11.3 Å². The normalized spacial score (nSPS) is 10.9. The van der Waals surface area contributed by atoms with Crippen LogP contribution in [0.3, 0.4) is 0 Å². The molecule has 116 valence electrons. The molecular weight excluding hydrogens is 318 g/mol. The molecule has 0 aliphatic heterocycles. The fraction of sp³-hybridized carbons (Fsp3) is 0.143. The summed E-state index contributed by atoms with van der Waals surface area (Å²) in [5.74, 6) is -0.690. The second kappa shape index (κ2) is 7.24. The lowest BCUT2D eigenvalue weighted by Crippen LogP contribution is -2.13. The Kier molecular flexibility index (Phi) is 5.11. The van der Waals surface area contributed by atoms with Gasteiger partial charge in [-0.1, -0.05) is 30.4 Å². The molecule has 0 saturated carbocycles. The zero-order valence-corrected chi connectivity index (χ0v) is 12.8. The van der Waals surface area contributed by atoms with Gasteiger partial charge in [-0.2, -0.15) is 5.26 Å². The number of nitro groups is 1. The molecule has 0 saturated heterocycles. The number of anilines is 1. The lowest BCUT2D eigenvalue weighted by molar-refractivity contribution is -0.385. The number of benzene rings is 1. The van der Waals surface area contributed by atoms with Crippen LogP contribution in [0.2, 0.25) is 0 Å². The number of para-hydroxylation sites is 1. The minimum absolute atomic E-state index is 0.177. The first-order chi connectivity index (χ1) is 11.0. The van der Waals surface area contributed by atoms with Crippen molar-refractivity contribution in [1.29, 1.82) is 5.26 Å². The van der Waals surface area contributed by atoms with E-state index in [1.165, 1.54) is 35.6 Å². The fourth-order valence-corrected chi connectivity index (χ4v) is 2.37. The third kappa shape index (κ3) is 3.96. The maximum atomic E-state index is 12.1. The number of carbonyl (C=O) groups excluding carboxylic acids is 1. The molecule has 0 radical (unpaired) electrons. The molecule has 0 atom stereocenters. The largest absolute Gasteiger partial charge is 0.296 e. The summed E-state index contributed by atoms with van der Waals surface area (Å²) in [7, 11) is 0. The molecule has 2 rings (SSSR count). The van der Waals surface area contributed by atoms with Crippen LogP contribution in [0.4, 0.5) is 10.8 Å². The summed E-state index contributed by atoms with van der Waals surface area (Å²) in [6.07, 6.45) is 1.86. The van der Waals surface area contributed by atoms with E-state index in [4.69, 9.17) is 5.26 Å². The highest BCUT2D eigenvalue weighted by Crippen LogP contribution is 2.21. The molecule has 0 unspecified atom stereocenters. The van der Waals surface area contributed by atoms with Gasteiger partial charge in [-0.3, -0.25) is 20.2 Å². The summed E-state index contributed by atoms with van der Waals surface area (Å²) in [5, 5.41) is 31.2. The molecule has 1 heterocycles. The SMILES string of the molecule is CCc1nnc(NC(=O)C(C#N)=Cc2ccccc2[N+](=O)[O-])s1. The van der Waals surface area contributed by atoms with Crippen LogP contribution in [0.25, 0.3) is 6.08 Å². The van der Waals surface area contributed by atoms with Gasteiger partial charge in [-0.25, -0.2) is 0 Å². The fourth-order valence-electron chi connectivity index (χ4n) is 1.69. The molecule has 9 heteroatoms. The number of carbonyl (C=O) groups is 1. The Morgan fingerprint density at radius 2 is 2.22 bits per heavy atom. The van der Waals surface area contributed by atoms with Crippen molar-refractivity contribution in [3.63, 3.8) is 0 Å². The van der Waals surface area contributed by atoms with Crippen LogP contribution in [0.1, 0.15) is 17.5 Å². The van der Waals surface area contributed by atoms with E-state index in [-0.39, 0.29) is 22.0 Å². The van der Waals surface area contributed by atoms with Gasteiger partial charge in [0.05, 0.1) is 10.5 Å². The Balaban J connectivity index is 2.27. The van der Waals surface area contributed by atoms with E-state index < -0.39 is 10.8 Å². The van der Waals surface area contributed by atoms with Gasteiger partial charge in [0, 0.05) is 6.07 Å². The summed E-state index contributed by atoms with van der Waals surface area (Å²) in [6.45, 7) is 1.90. The minimum Gasteiger partial charge on any atom is -0.296 e. The zero-order chi connectivity index (χ0) is 16.8. The number of nitro benzene ring substituents is 1. The molecule has 0 spiro atoms. The van der Waals surface area contributed by atoms with E-state index in [1.54, 1.807) is 12.1 Å². The van der Waals surface area contributed by atoms with Crippen LogP contribution in [0.5, 0.6) is 0 Å². The first-order valence-electron chi connectivity index (χ1n) is 6.54. The van der Waals surface area contributed by atoms with Crippen LogP contribution in [0.15, 0.2) is 29.8 Å². The van der Waals surface area contributed by atoms with Crippen molar-refractivity contribution in [2.45, 2.75) is 13.3 Å². The van der Waals surface area contributed by atoms with Gasteiger partial charge in [0.15, 0.2) is 0 Å². The molecule has 1 N–H and O–H groups in total. The zero-order valence-electron chi connectivity index (χ0n) is 12.0. The second-order valence-corrected chi connectivity index (χ2v) is 5.36. The predicted octanol–water partition coefficient (Wildman–Crippen LogP) is 2.55. The quantitative estimate of drug-likeness (QED) is 0.389. The highest BCUT2D eigenvalue weighted by molar-refractivity contribution is 7.15. The third-order valence-electron chi connectivity index (χ3n) is 2.79. The van der Waals surface area contributed by atoms with E-state index >= 15 is 0 Å². The van der Waals surface area contributed by atoms with E-state index in [9.17, 15) is 14.9 Å². The molecule has 8 nitrogen and oxygen atoms in total. The summed E-state index contributed by atoms with van der Waals surface area (Å²) < 4.78 is 0. The smallest absolute Gasteiger partial charge is 0.276 e. The van der Waals surface area contributed by atoms with Crippen molar-refractivity contribution in [3.8, 4) is 6.07 Å². The number of nitriles is 1. The number of nitrogens with one attached hydrogen (secondary N) is 1. The van der Waals surface area contributed by atoms with E-state index in [1.807, 2.05) is 6.92 Å². The average molecular weight is 329 g/mol. The number of rotatable bonds is 5. The number of hydrogen-bond donors (Lipinski definition) is 1.